The molecule has 0 fully saturated rings. The molecule has 2 aromatic rings. The first kappa shape index (κ1) is 11.9. The van der Waals surface area contributed by atoms with Crippen molar-refractivity contribution >= 4 is 11.7 Å². The van der Waals surface area contributed by atoms with Crippen molar-refractivity contribution in [3.63, 3.8) is 0 Å². The van der Waals surface area contributed by atoms with Crippen LogP contribution in [-0.4, -0.2) is 17.4 Å². The van der Waals surface area contributed by atoms with Crippen LogP contribution < -0.4 is 10.6 Å². The maximum Gasteiger partial charge on any atom is 0.234 e. The van der Waals surface area contributed by atoms with Crippen LogP contribution in [0.2, 0.25) is 0 Å². The third kappa shape index (κ3) is 2.48. The van der Waals surface area contributed by atoms with Gasteiger partial charge >= 0.3 is 0 Å². The Labute approximate surface area is 111 Å². The van der Waals surface area contributed by atoms with Crippen molar-refractivity contribution in [2.75, 3.05) is 11.9 Å². The Morgan fingerprint density at radius 3 is 2.89 bits per heavy atom. The highest BCUT2D eigenvalue weighted by Gasteiger charge is 2.26. The second kappa shape index (κ2) is 5.20. The number of nitrogens with one attached hydrogen (secondary N) is 2. The van der Waals surface area contributed by atoms with E-state index in [0.29, 0.717) is 12.4 Å². The van der Waals surface area contributed by atoms with Crippen molar-refractivity contribution in [1.29, 1.82) is 0 Å². The average Bonchev–Trinajstić information content (AvgIpc) is 2.47. The van der Waals surface area contributed by atoms with Crippen molar-refractivity contribution in [2.45, 2.75) is 12.5 Å². The van der Waals surface area contributed by atoms with Crippen LogP contribution in [0.3, 0.4) is 0 Å². The first-order chi connectivity index (χ1) is 9.34. The maximum absolute atomic E-state index is 12.3. The average molecular weight is 253 g/mol. The van der Waals surface area contributed by atoms with Crippen LogP contribution in [-0.2, 0) is 11.3 Å². The summed E-state index contributed by atoms with van der Waals surface area (Å²) in [5.41, 5.74) is 2.30. The zero-order valence-electron chi connectivity index (χ0n) is 10.5. The van der Waals surface area contributed by atoms with Gasteiger partial charge in [-0.3, -0.25) is 4.79 Å². The van der Waals surface area contributed by atoms with Crippen LogP contribution in [0.25, 0.3) is 0 Å². The number of amides is 1. The molecule has 4 heteroatoms. The second-order valence-corrected chi connectivity index (χ2v) is 4.59. The zero-order valence-corrected chi connectivity index (χ0v) is 10.5. The van der Waals surface area contributed by atoms with Crippen molar-refractivity contribution in [1.82, 2.24) is 10.3 Å². The van der Waals surface area contributed by atoms with Gasteiger partial charge in [-0.2, -0.15) is 0 Å². The summed E-state index contributed by atoms with van der Waals surface area (Å²) in [5, 5.41) is 6.14. The van der Waals surface area contributed by atoms with Gasteiger partial charge < -0.3 is 10.6 Å². The topological polar surface area (TPSA) is 54.0 Å². The molecule has 3 rings (SSSR count). The summed E-state index contributed by atoms with van der Waals surface area (Å²) >= 11 is 0. The normalized spacial score (nSPS) is 17.6. The Morgan fingerprint density at radius 2 is 2.05 bits per heavy atom. The molecule has 0 radical (unpaired) electrons. The molecule has 1 aromatic carbocycles. The van der Waals surface area contributed by atoms with Gasteiger partial charge in [-0.15, -0.1) is 0 Å². The monoisotopic (exact) mass is 253 g/mol. The first-order valence-corrected chi connectivity index (χ1v) is 6.35. The van der Waals surface area contributed by atoms with Gasteiger partial charge in [0, 0.05) is 19.3 Å². The summed E-state index contributed by atoms with van der Waals surface area (Å²) in [5.74, 6) is 0.417. The summed E-state index contributed by atoms with van der Waals surface area (Å²) < 4.78 is 0. The molecule has 19 heavy (non-hydrogen) atoms. The van der Waals surface area contributed by atoms with E-state index in [0.717, 1.165) is 12.1 Å². The Morgan fingerprint density at radius 1 is 1.21 bits per heavy atom. The van der Waals surface area contributed by atoms with Crippen LogP contribution in [0.5, 0.6) is 0 Å². The van der Waals surface area contributed by atoms with Gasteiger partial charge in [-0.25, -0.2) is 4.98 Å². The lowest BCUT2D eigenvalue weighted by Gasteiger charge is -2.25. The SMILES string of the molecule is O=C(Nc1ccccn1)C1CNCc2ccccc21. The molecule has 0 spiro atoms. The van der Waals surface area contributed by atoms with Gasteiger partial charge in [0.15, 0.2) is 0 Å². The van der Waals surface area contributed by atoms with Crippen LogP contribution in [0.15, 0.2) is 48.7 Å². The molecule has 0 saturated carbocycles. The summed E-state index contributed by atoms with van der Waals surface area (Å²) in [6.45, 7) is 1.49. The maximum atomic E-state index is 12.3. The molecule has 0 saturated heterocycles. The van der Waals surface area contributed by atoms with Crippen molar-refractivity contribution in [2.24, 2.45) is 0 Å². The minimum absolute atomic E-state index is 0.0154. The number of fused-ring (bicyclic) bond motifs is 1. The van der Waals surface area contributed by atoms with Crippen molar-refractivity contribution < 1.29 is 4.79 Å². The van der Waals surface area contributed by atoms with E-state index in [1.165, 1.54) is 5.56 Å². The molecule has 1 aliphatic heterocycles. The lowest BCUT2D eigenvalue weighted by molar-refractivity contribution is -0.117. The minimum atomic E-state index is -0.160. The third-order valence-corrected chi connectivity index (χ3v) is 3.33. The number of carbonyl (C=O) groups is 1. The lowest BCUT2D eigenvalue weighted by atomic mass is 9.90. The molecule has 96 valence electrons. The van der Waals surface area contributed by atoms with E-state index in [-0.39, 0.29) is 11.8 Å². The second-order valence-electron chi connectivity index (χ2n) is 4.59. The number of aromatic nitrogens is 1. The van der Waals surface area contributed by atoms with E-state index in [1.807, 2.05) is 30.3 Å². The predicted molar refractivity (Wildman–Crippen MR) is 73.8 cm³/mol. The van der Waals surface area contributed by atoms with Crippen LogP contribution in [0, 0.1) is 0 Å². The number of anilines is 1. The molecule has 0 bridgehead atoms. The van der Waals surface area contributed by atoms with Gasteiger partial charge in [-0.05, 0) is 23.3 Å². The molecular weight excluding hydrogens is 238 g/mol. The quantitative estimate of drug-likeness (QED) is 0.859. The minimum Gasteiger partial charge on any atom is -0.312 e. The van der Waals surface area contributed by atoms with E-state index in [4.69, 9.17) is 0 Å². The number of hydrogen-bond acceptors (Lipinski definition) is 3. The number of benzene rings is 1. The number of rotatable bonds is 2. The van der Waals surface area contributed by atoms with Gasteiger partial charge in [0.1, 0.15) is 5.82 Å². The fourth-order valence-corrected chi connectivity index (χ4v) is 2.38. The highest BCUT2D eigenvalue weighted by atomic mass is 16.2. The van der Waals surface area contributed by atoms with Gasteiger partial charge in [0.25, 0.3) is 0 Å². The summed E-state index contributed by atoms with van der Waals surface area (Å²) in [6.07, 6.45) is 1.67. The number of pyridine rings is 1. The highest BCUT2D eigenvalue weighted by Crippen LogP contribution is 2.24. The Kier molecular flexibility index (Phi) is 3.25. The largest absolute Gasteiger partial charge is 0.312 e. The molecule has 1 atom stereocenters. The fraction of sp³-hybridized carbons (Fsp3) is 0.200. The van der Waals surface area contributed by atoms with E-state index in [1.54, 1.807) is 12.3 Å². The Bertz CT molecular complexity index is 583. The van der Waals surface area contributed by atoms with Crippen LogP contribution >= 0.6 is 0 Å². The first-order valence-electron chi connectivity index (χ1n) is 6.35. The molecule has 2 N–H and O–H groups in total. The Balaban J connectivity index is 1.82. The molecule has 4 nitrogen and oxygen atoms in total. The number of nitrogens with zero attached hydrogens (tertiary/aromatic N) is 1. The van der Waals surface area contributed by atoms with Crippen molar-refractivity contribution in [3.8, 4) is 0 Å². The zero-order chi connectivity index (χ0) is 13.1. The molecule has 1 aliphatic rings. The van der Waals surface area contributed by atoms with Gasteiger partial charge in [-0.1, -0.05) is 30.3 Å². The molecule has 1 aromatic heterocycles. The number of carbonyl (C=O) groups excluding carboxylic acids is 1. The van der Waals surface area contributed by atoms with Crippen molar-refractivity contribution in [3.05, 3.63) is 59.8 Å². The molecule has 1 unspecified atom stereocenters. The summed E-state index contributed by atoms with van der Waals surface area (Å²) in [6, 6.07) is 13.5. The molecular formula is C15H15N3O. The standard InChI is InChI=1S/C15H15N3O/c19-15(18-14-7-3-4-8-17-14)13-10-16-9-11-5-1-2-6-12(11)13/h1-8,13,16H,9-10H2,(H,17,18,19). The summed E-state index contributed by atoms with van der Waals surface area (Å²) in [4.78, 5) is 16.5. The molecule has 1 amide bonds. The van der Waals surface area contributed by atoms with Gasteiger partial charge in [0.2, 0.25) is 5.91 Å². The van der Waals surface area contributed by atoms with E-state index in [9.17, 15) is 4.79 Å². The lowest BCUT2D eigenvalue weighted by Crippen LogP contribution is -2.35. The van der Waals surface area contributed by atoms with E-state index >= 15 is 0 Å². The van der Waals surface area contributed by atoms with E-state index < -0.39 is 0 Å². The van der Waals surface area contributed by atoms with Gasteiger partial charge in [0.05, 0.1) is 5.92 Å². The predicted octanol–water partition coefficient (Wildman–Crippen LogP) is 1.91. The Hall–Kier alpha value is -2.20. The van der Waals surface area contributed by atoms with E-state index in [2.05, 4.69) is 21.7 Å². The highest BCUT2D eigenvalue weighted by molar-refractivity contribution is 5.95. The summed E-state index contributed by atoms with van der Waals surface area (Å²) in [7, 11) is 0. The smallest absolute Gasteiger partial charge is 0.234 e. The van der Waals surface area contributed by atoms with Crippen LogP contribution in [0.4, 0.5) is 5.82 Å². The fourth-order valence-electron chi connectivity index (χ4n) is 2.38. The molecule has 0 aliphatic carbocycles. The third-order valence-electron chi connectivity index (χ3n) is 3.33. The number of hydrogen-bond donors (Lipinski definition) is 2. The van der Waals surface area contributed by atoms with Crippen LogP contribution in [0.1, 0.15) is 17.0 Å². The molecule has 2 heterocycles.